The maximum Gasteiger partial charge on any atom is 0.487 e. The van der Waals surface area contributed by atoms with Crippen molar-refractivity contribution in [1.29, 1.82) is 0 Å². The molecule has 4 aromatic rings. The Balaban J connectivity index is 0.000000164. The number of carbonyl (C=O) groups excluding carboxylic acids is 2. The first-order valence-corrected chi connectivity index (χ1v) is 23.2. The average molecular weight is 970 g/mol. The number of amides is 2. The summed E-state index contributed by atoms with van der Waals surface area (Å²) in [5.41, 5.74) is 14.2. The topological polar surface area (TPSA) is 185 Å². The molecule has 4 heterocycles. The number of hydrogen-bond donors (Lipinski definition) is 4. The number of benzene rings is 4. The molecule has 4 aromatic carbocycles. The van der Waals surface area contributed by atoms with Gasteiger partial charge in [-0.1, -0.05) is 98.6 Å². The highest BCUT2D eigenvalue weighted by Crippen LogP contribution is 2.57. The second-order valence-corrected chi connectivity index (χ2v) is 19.4. The lowest BCUT2D eigenvalue weighted by Gasteiger charge is -2.43. The summed E-state index contributed by atoms with van der Waals surface area (Å²) in [4.78, 5) is 45.7. The minimum Gasteiger partial charge on any atom is -0.487 e. The Bertz CT molecular complexity index is 2740. The molecule has 6 N–H and O–H groups in total. The van der Waals surface area contributed by atoms with E-state index in [0.717, 1.165) is 83.8 Å². The number of carbonyl (C=O) groups is 2. The molecule has 4 aliphatic heterocycles. The third-order valence-electron chi connectivity index (χ3n) is 14.3. The van der Waals surface area contributed by atoms with Gasteiger partial charge in [0.15, 0.2) is 34.4 Å². The first kappa shape index (κ1) is 48.7. The van der Waals surface area contributed by atoms with Crippen LogP contribution < -0.4 is 26.4 Å². The molecule has 348 valence electrons. The molecule has 0 radical (unpaired) electrons. The van der Waals surface area contributed by atoms with Crippen LogP contribution in [0.2, 0.25) is 0 Å². The van der Waals surface area contributed by atoms with Crippen LogP contribution in [0.3, 0.4) is 0 Å². The maximum absolute atomic E-state index is 13.5. The predicted molar refractivity (Wildman–Crippen MR) is 265 cm³/mol. The molecule has 67 heavy (non-hydrogen) atoms. The van der Waals surface area contributed by atoms with Gasteiger partial charge in [-0.25, -0.2) is 19.7 Å². The molecular weight excluding hydrogens is 911 g/mol. The Morgan fingerprint density at radius 1 is 0.731 bits per heavy atom. The summed E-state index contributed by atoms with van der Waals surface area (Å²) < 4.78 is 14.0. The molecule has 2 fully saturated rings. The van der Waals surface area contributed by atoms with Crippen LogP contribution in [0.1, 0.15) is 96.6 Å². The monoisotopic (exact) mass is 968 g/mol. The van der Waals surface area contributed by atoms with E-state index in [4.69, 9.17) is 49.1 Å². The lowest BCUT2D eigenvalue weighted by Crippen LogP contribution is -2.50. The number of fused-ring (bicyclic) bond motifs is 4. The van der Waals surface area contributed by atoms with Gasteiger partial charge in [0, 0.05) is 42.5 Å². The third kappa shape index (κ3) is 8.90. The van der Waals surface area contributed by atoms with Crippen molar-refractivity contribution in [1.82, 2.24) is 9.80 Å². The van der Waals surface area contributed by atoms with Crippen LogP contribution in [0.25, 0.3) is 20.8 Å². The average Bonchev–Trinajstić information content (AvgIpc) is 4.03. The zero-order valence-corrected chi connectivity index (χ0v) is 39.2. The minimum absolute atomic E-state index is 0. The van der Waals surface area contributed by atoms with E-state index in [1.165, 1.54) is 15.9 Å². The van der Waals surface area contributed by atoms with Gasteiger partial charge in [0.05, 0.1) is 13.1 Å². The summed E-state index contributed by atoms with van der Waals surface area (Å²) in [7, 11) is 1.89. The lowest BCUT2D eigenvalue weighted by molar-refractivity contribution is -0.134. The molecule has 0 bridgehead atoms. The highest BCUT2D eigenvalue weighted by Gasteiger charge is 2.61. The largest absolute Gasteiger partial charge is 0.487 e. The molecule has 6 atom stereocenters. The molecule has 4 spiro atoms. The highest BCUT2D eigenvalue weighted by molar-refractivity contribution is 9.10. The van der Waals surface area contributed by atoms with Crippen LogP contribution in [-0.4, -0.2) is 76.0 Å². The minimum atomic E-state index is -1.49. The van der Waals surface area contributed by atoms with Gasteiger partial charge >= 0.3 is 7.12 Å². The molecule has 10 rings (SSSR count). The summed E-state index contributed by atoms with van der Waals surface area (Å²) in [6, 6.07) is 25.5. The first-order valence-electron chi connectivity index (χ1n) is 22.4. The van der Waals surface area contributed by atoms with Gasteiger partial charge in [-0.3, -0.25) is 19.4 Å². The van der Waals surface area contributed by atoms with Gasteiger partial charge < -0.3 is 31.0 Å². The number of guanidine groups is 2. The van der Waals surface area contributed by atoms with E-state index in [9.17, 15) is 9.59 Å². The Hall–Kier alpha value is -6.20. The maximum atomic E-state index is 13.5. The van der Waals surface area contributed by atoms with Crippen molar-refractivity contribution in [2.24, 2.45) is 33.3 Å². The second kappa shape index (κ2) is 18.8. The van der Waals surface area contributed by atoms with Crippen molar-refractivity contribution < 1.29 is 29.1 Å². The number of halogens is 1. The van der Waals surface area contributed by atoms with Crippen LogP contribution in [0.5, 0.6) is 11.5 Å². The van der Waals surface area contributed by atoms with Crippen molar-refractivity contribution in [3.05, 3.63) is 123 Å². The summed E-state index contributed by atoms with van der Waals surface area (Å²) in [5, 5.41) is 17.4. The molecule has 6 aliphatic rings. The number of nitrogens with zero attached hydrogens (tertiary/aromatic N) is 6. The van der Waals surface area contributed by atoms with E-state index in [1.807, 2.05) is 54.6 Å². The van der Waals surface area contributed by atoms with Gasteiger partial charge in [-0.05, 0) is 103 Å². The first-order chi connectivity index (χ1) is 31.5. The lowest BCUT2D eigenvalue weighted by atomic mass is 9.74. The van der Waals surface area contributed by atoms with Crippen molar-refractivity contribution in [2.75, 3.05) is 14.1 Å². The fourth-order valence-electron chi connectivity index (χ4n) is 10.8. The molecule has 2 aliphatic carbocycles. The zero-order chi connectivity index (χ0) is 47.2. The Morgan fingerprint density at radius 3 is 1.67 bits per heavy atom. The Kier molecular flexibility index (Phi) is 13.7. The smallest absolute Gasteiger partial charge is 0.487 e. The van der Waals surface area contributed by atoms with Gasteiger partial charge in [0.2, 0.25) is 0 Å². The van der Waals surface area contributed by atoms with Gasteiger partial charge in [-0.15, -0.1) is 0 Å². The standard InChI is InChI=1S/C25H26N4O2.C18H22BrN3O2.C7H6BNO2.CH4/c1-4-16-10-11-24(14-16)15-25(22(30)29(3)23(26)28-25)20-13-18(8-9-21(20)31-24)17-6-5-7-19(12-17)27-2;1-3-11-6-7-17(9-11)10-18(15(23)22(2)16(20)21-18)13-8-12(19)4-5-14(13)24-17;1-9-7-4-2-3-6(5-7)8(10)11;/h5-9,12-13,16H,4,10-11,14-15H2,1,3H3,(H2,26,28);4-5,8,11H,3,6-7,9-10H2,1-2H3,(H2,20,21);2-5,10-11H;1H4. The zero-order valence-electron chi connectivity index (χ0n) is 37.6. The van der Waals surface area contributed by atoms with Crippen molar-refractivity contribution in [3.8, 4) is 22.6 Å². The fourth-order valence-corrected chi connectivity index (χ4v) is 11.1. The van der Waals surface area contributed by atoms with Crippen LogP contribution >= 0.6 is 15.9 Å². The second-order valence-electron chi connectivity index (χ2n) is 18.4. The van der Waals surface area contributed by atoms with E-state index in [2.05, 4.69) is 44.5 Å². The van der Waals surface area contributed by atoms with E-state index >= 15 is 0 Å². The molecule has 6 unspecified atom stereocenters. The van der Waals surface area contributed by atoms with Gasteiger partial charge in [-0.2, -0.15) is 0 Å². The summed E-state index contributed by atoms with van der Waals surface area (Å²) in [6.45, 7) is 18.4. The van der Waals surface area contributed by atoms with Gasteiger partial charge in [0.25, 0.3) is 11.8 Å². The molecule has 16 heteroatoms. The van der Waals surface area contributed by atoms with Crippen molar-refractivity contribution in [3.63, 3.8) is 0 Å². The quantitative estimate of drug-likeness (QED) is 0.116. The van der Waals surface area contributed by atoms with Crippen LogP contribution in [0.15, 0.2) is 99.4 Å². The normalized spacial score (nSPS) is 27.3. The van der Waals surface area contributed by atoms with Crippen molar-refractivity contribution >= 4 is 63.6 Å². The van der Waals surface area contributed by atoms with Gasteiger partial charge in [0.1, 0.15) is 22.7 Å². The van der Waals surface area contributed by atoms with E-state index < -0.39 is 18.2 Å². The van der Waals surface area contributed by atoms with Crippen LogP contribution in [0, 0.1) is 25.0 Å². The molecular formula is C51H58BBrN8O6. The molecule has 14 nitrogen and oxygen atoms in total. The number of ether oxygens (including phenoxy) is 2. The molecule has 0 aromatic heterocycles. The van der Waals surface area contributed by atoms with E-state index in [0.29, 0.717) is 47.3 Å². The number of rotatable bonds is 4. The van der Waals surface area contributed by atoms with E-state index in [-0.39, 0.29) is 42.4 Å². The van der Waals surface area contributed by atoms with Crippen molar-refractivity contribution in [2.45, 2.75) is 108 Å². The SMILES string of the molecule is C.CCC1CCC2(C1)CC1(N=C(N)N(C)C1=O)c1cc(Br)ccc1O2.[C-]#[N+]c1cccc(-c2ccc3c(c2)C2(CC4(CCC(CC)C4)O3)N=C(N)N(C)C2=O)c1.[C-]#[N+]c1cccc(B(O)O)c1. The number of aliphatic imine (C=N–C) groups is 2. The summed E-state index contributed by atoms with van der Waals surface area (Å²) >= 11 is 3.51. The van der Waals surface area contributed by atoms with E-state index in [1.54, 1.807) is 38.4 Å². The van der Waals surface area contributed by atoms with Crippen LogP contribution in [-0.2, 0) is 20.7 Å². The number of nitrogens with two attached hydrogens (primary N) is 2. The number of hydrogen-bond acceptors (Lipinski definition) is 10. The Labute approximate surface area is 402 Å². The summed E-state index contributed by atoms with van der Waals surface area (Å²) in [6.07, 6.45) is 9.39. The third-order valence-corrected chi connectivity index (χ3v) is 14.8. The molecule has 2 saturated carbocycles. The summed E-state index contributed by atoms with van der Waals surface area (Å²) in [5.74, 6) is 3.11. The fraction of sp³-hybridized carbons (Fsp3) is 0.412. The van der Waals surface area contributed by atoms with Crippen LogP contribution in [0.4, 0.5) is 11.4 Å². The number of likely N-dealkylation sites (N-methyl/N-ethyl adjacent to an activating group) is 2. The Morgan fingerprint density at radius 2 is 1.21 bits per heavy atom. The predicted octanol–water partition coefficient (Wildman–Crippen LogP) is 8.33. The molecule has 2 amide bonds. The highest BCUT2D eigenvalue weighted by atomic mass is 79.9. The molecule has 0 saturated heterocycles.